The smallest absolute Gasteiger partial charge is 0.200 e. The van der Waals surface area contributed by atoms with Gasteiger partial charge in [0.1, 0.15) is 22.3 Å². The van der Waals surface area contributed by atoms with Gasteiger partial charge < -0.3 is 8.83 Å². The largest absolute Gasteiger partial charge is 0.456 e. The van der Waals surface area contributed by atoms with Gasteiger partial charge in [-0.1, -0.05) is 103 Å². The lowest BCUT2D eigenvalue weighted by atomic mass is 9.96. The Kier molecular flexibility index (Phi) is 6.41. The molecule has 226 valence electrons. The van der Waals surface area contributed by atoms with Crippen molar-refractivity contribution in [3.8, 4) is 44.5 Å². The second kappa shape index (κ2) is 11.1. The van der Waals surface area contributed by atoms with Crippen LogP contribution in [-0.4, -0.2) is 0 Å². The molecule has 2 aromatic heterocycles. The van der Waals surface area contributed by atoms with E-state index in [1.807, 2.05) is 152 Å². The molecule has 4 nitrogen and oxygen atoms in total. The van der Waals surface area contributed by atoms with Crippen molar-refractivity contribution in [3.05, 3.63) is 178 Å². The topological polar surface area (TPSA) is 60.4 Å². The summed E-state index contributed by atoms with van der Waals surface area (Å²) < 4.78 is 12.4. The Balaban J connectivity index is 1.12. The van der Waals surface area contributed by atoms with E-state index in [-0.39, 0.29) is 10.9 Å². The Morgan fingerprint density at radius 2 is 0.562 bits per heavy atom. The van der Waals surface area contributed by atoms with Crippen molar-refractivity contribution in [1.29, 1.82) is 0 Å². The fourth-order valence-corrected chi connectivity index (χ4v) is 6.57. The zero-order chi connectivity index (χ0) is 32.2. The van der Waals surface area contributed by atoms with Gasteiger partial charge in [-0.05, 0) is 99.1 Å². The van der Waals surface area contributed by atoms with E-state index in [9.17, 15) is 9.59 Å². The molecule has 0 saturated carbocycles. The molecule has 0 amide bonds. The molecule has 0 aliphatic carbocycles. The van der Waals surface area contributed by atoms with Crippen molar-refractivity contribution in [1.82, 2.24) is 0 Å². The van der Waals surface area contributed by atoms with E-state index in [4.69, 9.17) is 8.83 Å². The van der Waals surface area contributed by atoms with Crippen LogP contribution in [0.2, 0.25) is 0 Å². The summed E-state index contributed by atoms with van der Waals surface area (Å²) in [4.78, 5) is 27.6. The Morgan fingerprint density at radius 3 is 0.917 bits per heavy atom. The van der Waals surface area contributed by atoms with Gasteiger partial charge >= 0.3 is 0 Å². The highest BCUT2D eigenvalue weighted by atomic mass is 16.3. The number of fused-ring (bicyclic) bond motifs is 4. The van der Waals surface area contributed by atoms with Crippen LogP contribution >= 0.6 is 0 Å². The average molecular weight is 619 g/mol. The maximum absolute atomic E-state index is 13.8. The summed E-state index contributed by atoms with van der Waals surface area (Å²) in [5.41, 5.74) is 9.80. The Labute approximate surface area is 274 Å². The Morgan fingerprint density at radius 1 is 0.271 bits per heavy atom. The number of hydrogen-bond donors (Lipinski definition) is 0. The van der Waals surface area contributed by atoms with Crippen LogP contribution in [0.25, 0.3) is 88.4 Å². The van der Waals surface area contributed by atoms with Gasteiger partial charge in [0.05, 0.1) is 21.5 Å². The van der Waals surface area contributed by atoms with E-state index in [1.165, 1.54) is 0 Å². The third-order valence-electron chi connectivity index (χ3n) is 9.08. The molecule has 48 heavy (non-hydrogen) atoms. The first-order valence-electron chi connectivity index (χ1n) is 15.8. The maximum atomic E-state index is 13.8. The van der Waals surface area contributed by atoms with Gasteiger partial charge in [0.15, 0.2) is 0 Å². The summed E-state index contributed by atoms with van der Waals surface area (Å²) >= 11 is 0. The predicted molar refractivity (Wildman–Crippen MR) is 195 cm³/mol. The van der Waals surface area contributed by atoms with Crippen molar-refractivity contribution >= 4 is 43.9 Å². The monoisotopic (exact) mass is 618 g/mol. The number of hydrogen-bond acceptors (Lipinski definition) is 4. The third kappa shape index (κ3) is 4.70. The van der Waals surface area contributed by atoms with Crippen LogP contribution in [0.5, 0.6) is 0 Å². The van der Waals surface area contributed by atoms with Crippen LogP contribution in [0.4, 0.5) is 0 Å². The summed E-state index contributed by atoms with van der Waals surface area (Å²) in [6.45, 7) is 0. The quantitative estimate of drug-likeness (QED) is 0.184. The van der Waals surface area contributed by atoms with Crippen molar-refractivity contribution in [2.24, 2.45) is 0 Å². The Bertz CT molecular complexity index is 2620. The summed E-state index contributed by atoms with van der Waals surface area (Å²) in [5, 5.41) is 2.16. The molecular formula is C44H26O4. The first-order valence-corrected chi connectivity index (χ1v) is 15.8. The van der Waals surface area contributed by atoms with Crippen LogP contribution in [-0.2, 0) is 0 Å². The summed E-state index contributed by atoms with van der Waals surface area (Å²) in [7, 11) is 0. The predicted octanol–water partition coefficient (Wildman–Crippen LogP) is 10.9. The first kappa shape index (κ1) is 27.8. The maximum Gasteiger partial charge on any atom is 0.200 e. The zero-order valence-electron chi connectivity index (χ0n) is 25.6. The fourth-order valence-electron chi connectivity index (χ4n) is 6.57. The van der Waals surface area contributed by atoms with E-state index in [0.717, 1.165) is 44.5 Å². The molecule has 0 aliphatic rings. The minimum atomic E-state index is -0.0639. The van der Waals surface area contributed by atoms with Crippen molar-refractivity contribution in [2.75, 3.05) is 0 Å². The molecule has 0 spiro atoms. The summed E-state index contributed by atoms with van der Waals surface area (Å²) in [5.74, 6) is 0. The van der Waals surface area contributed by atoms with Crippen LogP contribution in [0, 0.1) is 0 Å². The van der Waals surface area contributed by atoms with Gasteiger partial charge in [0.25, 0.3) is 0 Å². The van der Waals surface area contributed by atoms with Crippen LogP contribution in [0.1, 0.15) is 0 Å². The SMILES string of the molecule is O=c1c2cc(-c3ccccc3)ccc2oc2ccc(-c3cccc(-c4ccc5oc6ccc(-c7ccccc7)cc6c(=O)c5c4)c3)cc12. The molecule has 0 bridgehead atoms. The van der Waals surface area contributed by atoms with Crippen LogP contribution in [0.3, 0.4) is 0 Å². The summed E-state index contributed by atoms with van der Waals surface area (Å²) in [6, 6.07) is 51.1. The number of benzene rings is 7. The molecule has 9 rings (SSSR count). The molecule has 0 saturated heterocycles. The lowest BCUT2D eigenvalue weighted by Gasteiger charge is -2.09. The second-order valence-electron chi connectivity index (χ2n) is 12.0. The second-order valence-corrected chi connectivity index (χ2v) is 12.0. The summed E-state index contributed by atoms with van der Waals surface area (Å²) in [6.07, 6.45) is 0. The zero-order valence-corrected chi connectivity index (χ0v) is 25.6. The minimum absolute atomic E-state index is 0.0639. The highest BCUT2D eigenvalue weighted by molar-refractivity contribution is 5.96. The van der Waals surface area contributed by atoms with E-state index in [2.05, 4.69) is 6.07 Å². The van der Waals surface area contributed by atoms with Gasteiger partial charge in [0.2, 0.25) is 10.9 Å². The molecule has 0 unspecified atom stereocenters. The standard InChI is InChI=1S/C44H26O4/c45-43-35-23-31(27-8-3-1-4-9-27)14-18-39(35)47-41-20-16-33(25-37(41)43)29-12-7-13-30(22-29)34-17-21-42-38(26-34)44(46)36-24-32(15-19-40(36)48-42)28-10-5-2-6-11-28/h1-26H. The van der Waals surface area contributed by atoms with Gasteiger partial charge in [-0.15, -0.1) is 0 Å². The molecule has 0 radical (unpaired) electrons. The van der Waals surface area contributed by atoms with E-state index < -0.39 is 0 Å². The average Bonchev–Trinajstić information content (AvgIpc) is 3.15. The number of rotatable bonds is 4. The van der Waals surface area contributed by atoms with Crippen molar-refractivity contribution in [3.63, 3.8) is 0 Å². The lowest BCUT2D eigenvalue weighted by Crippen LogP contribution is -2.02. The van der Waals surface area contributed by atoms with Gasteiger partial charge in [0, 0.05) is 0 Å². The normalized spacial score (nSPS) is 11.5. The van der Waals surface area contributed by atoms with E-state index in [0.29, 0.717) is 43.9 Å². The van der Waals surface area contributed by atoms with Gasteiger partial charge in [-0.3, -0.25) is 9.59 Å². The van der Waals surface area contributed by atoms with Crippen LogP contribution < -0.4 is 10.9 Å². The highest BCUT2D eigenvalue weighted by Crippen LogP contribution is 2.32. The van der Waals surface area contributed by atoms with Gasteiger partial charge in [-0.2, -0.15) is 0 Å². The molecule has 0 atom stereocenters. The lowest BCUT2D eigenvalue weighted by molar-refractivity contribution is 0.659. The fraction of sp³-hybridized carbons (Fsp3) is 0. The molecule has 2 heterocycles. The molecule has 0 fully saturated rings. The molecule has 9 aromatic rings. The van der Waals surface area contributed by atoms with E-state index in [1.54, 1.807) is 0 Å². The molecule has 0 aliphatic heterocycles. The third-order valence-corrected chi connectivity index (χ3v) is 9.08. The van der Waals surface area contributed by atoms with E-state index >= 15 is 0 Å². The van der Waals surface area contributed by atoms with Crippen LogP contribution in [0.15, 0.2) is 176 Å². The van der Waals surface area contributed by atoms with Gasteiger partial charge in [-0.25, -0.2) is 0 Å². The Hall–Kier alpha value is -6.52. The molecular weight excluding hydrogens is 592 g/mol. The van der Waals surface area contributed by atoms with Crippen molar-refractivity contribution < 1.29 is 8.83 Å². The molecule has 4 heteroatoms. The minimum Gasteiger partial charge on any atom is -0.456 e. The first-order chi connectivity index (χ1) is 23.6. The molecule has 0 N–H and O–H groups in total. The molecule has 7 aromatic carbocycles. The highest BCUT2D eigenvalue weighted by Gasteiger charge is 2.14. The van der Waals surface area contributed by atoms with Crippen molar-refractivity contribution in [2.45, 2.75) is 0 Å².